The predicted molar refractivity (Wildman–Crippen MR) is 38.4 cm³/mol. The Balaban J connectivity index is 2.34. The third-order valence-corrected chi connectivity index (χ3v) is 1.72. The fraction of sp³-hybridized carbons (Fsp3) is 0.750. The Hall–Kier alpha value is -0.520. The van der Waals surface area contributed by atoms with Gasteiger partial charge in [0.25, 0.3) is 0 Å². The van der Waals surface area contributed by atoms with Gasteiger partial charge in [-0.1, -0.05) is 0 Å². The van der Waals surface area contributed by atoms with Crippen molar-refractivity contribution in [3.05, 3.63) is 0 Å². The minimum absolute atomic E-state index is 0.112. The second-order valence-electron chi connectivity index (χ2n) is 2.53. The summed E-state index contributed by atoms with van der Waals surface area (Å²) in [5.74, 6) is 2.48. The van der Waals surface area contributed by atoms with Crippen molar-refractivity contribution in [3.8, 4) is 12.3 Å². The molecule has 1 rings (SSSR count). The lowest BCUT2D eigenvalue weighted by atomic mass is 10.0. The van der Waals surface area contributed by atoms with Crippen molar-refractivity contribution in [2.24, 2.45) is 0 Å². The molecule has 0 unspecified atom stereocenters. The quantitative estimate of drug-likeness (QED) is 0.539. The molecular formula is C8H12O2. The largest absolute Gasteiger partial charge is 0.390 e. The topological polar surface area (TPSA) is 29.5 Å². The third-order valence-electron chi connectivity index (χ3n) is 1.72. The molecule has 0 aliphatic carbocycles. The molecular weight excluding hydrogens is 128 g/mol. The summed E-state index contributed by atoms with van der Waals surface area (Å²) >= 11 is 0. The van der Waals surface area contributed by atoms with E-state index in [2.05, 4.69) is 5.92 Å². The average Bonchev–Trinajstić information content (AvgIpc) is 1.94. The molecule has 0 radical (unpaired) electrons. The Morgan fingerprint density at radius 3 is 3.10 bits per heavy atom. The van der Waals surface area contributed by atoms with Gasteiger partial charge in [0, 0.05) is 13.0 Å². The number of rotatable bonds is 1. The van der Waals surface area contributed by atoms with Gasteiger partial charge in [0.1, 0.15) is 0 Å². The number of terminal acetylenes is 1. The van der Waals surface area contributed by atoms with Crippen LogP contribution in [0.1, 0.15) is 19.3 Å². The van der Waals surface area contributed by atoms with Crippen molar-refractivity contribution in [1.29, 1.82) is 0 Å². The normalized spacial score (nSPS) is 33.2. The van der Waals surface area contributed by atoms with Crippen molar-refractivity contribution in [3.63, 3.8) is 0 Å². The number of ether oxygens (including phenoxy) is 1. The summed E-state index contributed by atoms with van der Waals surface area (Å²) in [5, 5.41) is 9.28. The Kier molecular flexibility index (Phi) is 2.73. The van der Waals surface area contributed by atoms with Crippen LogP contribution in [0.15, 0.2) is 0 Å². The van der Waals surface area contributed by atoms with Crippen molar-refractivity contribution in [2.45, 2.75) is 31.5 Å². The highest BCUT2D eigenvalue weighted by molar-refractivity contribution is 4.90. The van der Waals surface area contributed by atoms with Gasteiger partial charge in [-0.15, -0.1) is 12.3 Å². The SMILES string of the molecule is C#CC[C@@H]1OCCC[C@H]1O. The molecule has 56 valence electrons. The van der Waals surface area contributed by atoms with Gasteiger partial charge in [-0.05, 0) is 12.8 Å². The third kappa shape index (κ3) is 1.73. The van der Waals surface area contributed by atoms with Gasteiger partial charge >= 0.3 is 0 Å². The van der Waals surface area contributed by atoms with E-state index in [1.165, 1.54) is 0 Å². The van der Waals surface area contributed by atoms with Crippen LogP contribution in [-0.2, 0) is 4.74 Å². The van der Waals surface area contributed by atoms with Crippen LogP contribution in [0.25, 0.3) is 0 Å². The van der Waals surface area contributed by atoms with Crippen LogP contribution in [-0.4, -0.2) is 23.9 Å². The van der Waals surface area contributed by atoms with E-state index in [0.717, 1.165) is 19.4 Å². The van der Waals surface area contributed by atoms with Crippen LogP contribution in [0.5, 0.6) is 0 Å². The van der Waals surface area contributed by atoms with E-state index in [1.807, 2.05) is 0 Å². The highest BCUT2D eigenvalue weighted by atomic mass is 16.5. The fourth-order valence-corrected chi connectivity index (χ4v) is 1.14. The molecule has 1 aliphatic rings. The van der Waals surface area contributed by atoms with Crippen LogP contribution in [0.2, 0.25) is 0 Å². The van der Waals surface area contributed by atoms with Gasteiger partial charge in [-0.3, -0.25) is 0 Å². The van der Waals surface area contributed by atoms with Crippen LogP contribution < -0.4 is 0 Å². The summed E-state index contributed by atoms with van der Waals surface area (Å²) in [7, 11) is 0. The van der Waals surface area contributed by atoms with Crippen LogP contribution in [0.3, 0.4) is 0 Å². The van der Waals surface area contributed by atoms with E-state index in [0.29, 0.717) is 6.42 Å². The maximum atomic E-state index is 9.28. The van der Waals surface area contributed by atoms with Gasteiger partial charge in [-0.25, -0.2) is 0 Å². The highest BCUT2D eigenvalue weighted by Gasteiger charge is 2.22. The minimum Gasteiger partial charge on any atom is -0.390 e. The zero-order chi connectivity index (χ0) is 7.40. The summed E-state index contributed by atoms with van der Waals surface area (Å²) in [6.07, 6.45) is 6.93. The predicted octanol–water partition coefficient (Wildman–Crippen LogP) is 0.550. The molecule has 1 fully saturated rings. The minimum atomic E-state index is -0.343. The molecule has 0 aromatic carbocycles. The zero-order valence-corrected chi connectivity index (χ0v) is 5.92. The molecule has 0 aromatic heterocycles. The zero-order valence-electron chi connectivity index (χ0n) is 5.92. The molecule has 1 saturated heterocycles. The van der Waals surface area contributed by atoms with Crippen LogP contribution >= 0.6 is 0 Å². The molecule has 0 bridgehead atoms. The smallest absolute Gasteiger partial charge is 0.0942 e. The lowest BCUT2D eigenvalue weighted by Gasteiger charge is -2.26. The monoisotopic (exact) mass is 140 g/mol. The van der Waals surface area contributed by atoms with Crippen molar-refractivity contribution < 1.29 is 9.84 Å². The molecule has 1 heterocycles. The van der Waals surface area contributed by atoms with E-state index in [9.17, 15) is 5.11 Å². The van der Waals surface area contributed by atoms with E-state index < -0.39 is 0 Å². The number of aliphatic hydroxyl groups excluding tert-OH is 1. The van der Waals surface area contributed by atoms with Crippen LogP contribution in [0, 0.1) is 12.3 Å². The Bertz CT molecular complexity index is 137. The molecule has 10 heavy (non-hydrogen) atoms. The van der Waals surface area contributed by atoms with Crippen LogP contribution in [0.4, 0.5) is 0 Å². The molecule has 2 heteroatoms. The maximum absolute atomic E-state index is 9.28. The first-order valence-electron chi connectivity index (χ1n) is 3.57. The summed E-state index contributed by atoms with van der Waals surface area (Å²) in [5.41, 5.74) is 0. The maximum Gasteiger partial charge on any atom is 0.0942 e. The van der Waals surface area contributed by atoms with E-state index in [4.69, 9.17) is 11.2 Å². The number of hydrogen-bond donors (Lipinski definition) is 1. The average molecular weight is 140 g/mol. The molecule has 0 amide bonds. The van der Waals surface area contributed by atoms with Gasteiger partial charge in [-0.2, -0.15) is 0 Å². The standard InChI is InChI=1S/C8H12O2/c1-2-4-8-7(9)5-3-6-10-8/h1,7-9H,3-6H2/t7-,8+/m1/s1. The van der Waals surface area contributed by atoms with Crippen molar-refractivity contribution >= 4 is 0 Å². The Morgan fingerprint density at radius 1 is 1.70 bits per heavy atom. The van der Waals surface area contributed by atoms with E-state index in [1.54, 1.807) is 0 Å². The summed E-state index contributed by atoms with van der Waals surface area (Å²) in [4.78, 5) is 0. The van der Waals surface area contributed by atoms with Gasteiger partial charge in [0.2, 0.25) is 0 Å². The molecule has 1 aliphatic heterocycles. The second-order valence-corrected chi connectivity index (χ2v) is 2.53. The summed E-state index contributed by atoms with van der Waals surface area (Å²) < 4.78 is 5.24. The Morgan fingerprint density at radius 2 is 2.50 bits per heavy atom. The lowest BCUT2D eigenvalue weighted by molar-refractivity contribution is -0.0703. The van der Waals surface area contributed by atoms with Crippen molar-refractivity contribution in [1.82, 2.24) is 0 Å². The first-order valence-corrected chi connectivity index (χ1v) is 3.57. The van der Waals surface area contributed by atoms with Gasteiger partial charge in [0.05, 0.1) is 12.2 Å². The molecule has 2 atom stereocenters. The summed E-state index contributed by atoms with van der Waals surface area (Å²) in [6.45, 7) is 0.739. The van der Waals surface area contributed by atoms with E-state index >= 15 is 0 Å². The van der Waals surface area contributed by atoms with Gasteiger partial charge in [0.15, 0.2) is 0 Å². The van der Waals surface area contributed by atoms with E-state index in [-0.39, 0.29) is 12.2 Å². The summed E-state index contributed by atoms with van der Waals surface area (Å²) in [6, 6.07) is 0. The molecule has 1 N–H and O–H groups in total. The molecule has 0 spiro atoms. The molecule has 0 aromatic rings. The first-order chi connectivity index (χ1) is 4.84. The fourth-order valence-electron chi connectivity index (χ4n) is 1.14. The highest BCUT2D eigenvalue weighted by Crippen LogP contribution is 2.15. The Labute approximate surface area is 61.2 Å². The number of hydrogen-bond acceptors (Lipinski definition) is 2. The van der Waals surface area contributed by atoms with Gasteiger partial charge < -0.3 is 9.84 Å². The lowest BCUT2D eigenvalue weighted by Crippen LogP contribution is -2.33. The first kappa shape index (κ1) is 7.59. The second kappa shape index (κ2) is 3.60. The molecule has 0 saturated carbocycles. The van der Waals surface area contributed by atoms with Crippen molar-refractivity contribution in [2.75, 3.05) is 6.61 Å². The number of aliphatic hydroxyl groups is 1. The molecule has 2 nitrogen and oxygen atoms in total.